The average Bonchev–Trinajstić information content (AvgIpc) is 3.07. The number of aromatic nitrogens is 3. The standard InChI is InChI=1S/C20H20N4O.C2H6/c1-3-12-8-10-13(11-9-12)19(25)18-16-14-6-4-5-7-15(14)22-20(21)17(16)23-24(18)2;1-2/h4-11,19,25H,3H2,1-2H3,(H2,21,22);1-2H3. The third kappa shape index (κ3) is 3.26. The average molecular weight is 362 g/mol. The zero-order chi connectivity index (χ0) is 19.6. The highest BCUT2D eigenvalue weighted by molar-refractivity contribution is 6.09. The summed E-state index contributed by atoms with van der Waals surface area (Å²) in [5.74, 6) is 0.379. The number of benzene rings is 2. The second kappa shape index (κ2) is 7.76. The van der Waals surface area contributed by atoms with Crippen molar-refractivity contribution in [2.75, 3.05) is 5.73 Å². The summed E-state index contributed by atoms with van der Waals surface area (Å²) < 4.78 is 1.70. The zero-order valence-corrected chi connectivity index (χ0v) is 16.3. The first kappa shape index (κ1) is 18.9. The Morgan fingerprint density at radius 2 is 1.74 bits per heavy atom. The topological polar surface area (TPSA) is 77.0 Å². The molecule has 2 aromatic heterocycles. The summed E-state index contributed by atoms with van der Waals surface area (Å²) in [4.78, 5) is 4.43. The molecule has 0 amide bonds. The number of nitrogens with zero attached hydrogens (tertiary/aromatic N) is 3. The number of para-hydroxylation sites is 1. The molecule has 0 saturated carbocycles. The molecular formula is C22H26N4O. The fourth-order valence-corrected chi connectivity index (χ4v) is 3.35. The van der Waals surface area contributed by atoms with E-state index in [1.165, 1.54) is 5.56 Å². The maximum Gasteiger partial charge on any atom is 0.152 e. The van der Waals surface area contributed by atoms with E-state index in [0.29, 0.717) is 11.3 Å². The van der Waals surface area contributed by atoms with Crippen LogP contribution >= 0.6 is 0 Å². The van der Waals surface area contributed by atoms with E-state index in [9.17, 15) is 5.11 Å². The van der Waals surface area contributed by atoms with Crippen LogP contribution < -0.4 is 5.73 Å². The quantitative estimate of drug-likeness (QED) is 0.567. The number of pyridine rings is 1. The molecule has 4 aromatic rings. The Morgan fingerprint density at radius 3 is 2.41 bits per heavy atom. The van der Waals surface area contributed by atoms with Gasteiger partial charge in [0.25, 0.3) is 0 Å². The second-order valence-corrected chi connectivity index (χ2v) is 6.24. The summed E-state index contributed by atoms with van der Waals surface area (Å²) in [6.45, 7) is 6.11. The SMILES string of the molecule is CC.CCc1ccc(C(O)c2c3c(nn2C)c(N)nc2ccccc23)cc1. The lowest BCUT2D eigenvalue weighted by molar-refractivity contribution is 0.211. The van der Waals surface area contributed by atoms with Gasteiger partial charge in [-0.05, 0) is 23.6 Å². The van der Waals surface area contributed by atoms with Crippen molar-refractivity contribution in [2.24, 2.45) is 7.05 Å². The van der Waals surface area contributed by atoms with Gasteiger partial charge in [0.15, 0.2) is 5.82 Å². The van der Waals surface area contributed by atoms with E-state index in [0.717, 1.165) is 34.0 Å². The number of fused-ring (bicyclic) bond motifs is 3. The number of hydrogen-bond acceptors (Lipinski definition) is 4. The molecular weight excluding hydrogens is 336 g/mol. The summed E-state index contributed by atoms with van der Waals surface area (Å²) >= 11 is 0. The van der Waals surface area contributed by atoms with Gasteiger partial charge in [-0.3, -0.25) is 4.68 Å². The molecule has 3 N–H and O–H groups in total. The molecule has 4 rings (SSSR count). The highest BCUT2D eigenvalue weighted by atomic mass is 16.3. The van der Waals surface area contributed by atoms with Crippen LogP contribution in [0.25, 0.3) is 21.8 Å². The van der Waals surface area contributed by atoms with Crippen molar-refractivity contribution in [2.45, 2.75) is 33.3 Å². The molecule has 0 aliphatic rings. The number of nitrogen functional groups attached to an aromatic ring is 1. The van der Waals surface area contributed by atoms with E-state index >= 15 is 0 Å². The van der Waals surface area contributed by atoms with Crippen LogP contribution in [0.15, 0.2) is 48.5 Å². The van der Waals surface area contributed by atoms with Crippen LogP contribution in [0.3, 0.4) is 0 Å². The third-order valence-electron chi connectivity index (χ3n) is 4.71. The van der Waals surface area contributed by atoms with Gasteiger partial charge in [-0.25, -0.2) is 4.98 Å². The van der Waals surface area contributed by atoms with Crippen LogP contribution in [0, 0.1) is 0 Å². The van der Waals surface area contributed by atoms with Crippen LogP contribution in [0.2, 0.25) is 0 Å². The molecule has 0 fully saturated rings. The van der Waals surface area contributed by atoms with Crippen LogP contribution in [0.4, 0.5) is 5.82 Å². The normalized spacial score (nSPS) is 12.0. The van der Waals surface area contributed by atoms with Crippen LogP contribution in [0.5, 0.6) is 0 Å². The molecule has 27 heavy (non-hydrogen) atoms. The van der Waals surface area contributed by atoms with Crippen molar-refractivity contribution in [1.82, 2.24) is 14.8 Å². The summed E-state index contributed by atoms with van der Waals surface area (Å²) in [6, 6.07) is 15.8. The minimum absolute atomic E-state index is 0.379. The highest BCUT2D eigenvalue weighted by Gasteiger charge is 2.22. The second-order valence-electron chi connectivity index (χ2n) is 6.24. The predicted molar refractivity (Wildman–Crippen MR) is 112 cm³/mol. The van der Waals surface area contributed by atoms with Gasteiger partial charge < -0.3 is 10.8 Å². The molecule has 5 nitrogen and oxygen atoms in total. The molecule has 0 aliphatic heterocycles. The molecule has 140 valence electrons. The summed E-state index contributed by atoms with van der Waals surface area (Å²) in [5, 5.41) is 17.4. The summed E-state index contributed by atoms with van der Waals surface area (Å²) in [5.41, 5.74) is 10.3. The maximum absolute atomic E-state index is 11.1. The highest BCUT2D eigenvalue weighted by Crippen LogP contribution is 2.35. The first-order chi connectivity index (χ1) is 13.1. The fraction of sp³-hybridized carbons (Fsp3) is 0.273. The first-order valence-electron chi connectivity index (χ1n) is 9.38. The van der Waals surface area contributed by atoms with Crippen molar-refractivity contribution >= 4 is 27.6 Å². The number of nitrogens with two attached hydrogens (primary N) is 1. The molecule has 1 unspecified atom stereocenters. The van der Waals surface area contributed by atoms with Crippen molar-refractivity contribution in [3.05, 3.63) is 65.4 Å². The van der Waals surface area contributed by atoms with E-state index < -0.39 is 6.10 Å². The van der Waals surface area contributed by atoms with E-state index in [2.05, 4.69) is 17.0 Å². The van der Waals surface area contributed by atoms with Crippen molar-refractivity contribution in [3.8, 4) is 0 Å². The van der Waals surface area contributed by atoms with Gasteiger partial charge in [0.1, 0.15) is 11.6 Å². The Labute approximate surface area is 159 Å². The Morgan fingerprint density at radius 1 is 1.07 bits per heavy atom. The zero-order valence-electron chi connectivity index (χ0n) is 16.3. The molecule has 0 bridgehead atoms. The van der Waals surface area contributed by atoms with Crippen LogP contribution in [-0.2, 0) is 13.5 Å². The number of hydrogen-bond donors (Lipinski definition) is 2. The summed E-state index contributed by atoms with van der Waals surface area (Å²) in [6.07, 6.45) is 0.184. The molecule has 2 heterocycles. The minimum Gasteiger partial charge on any atom is -0.382 e. The van der Waals surface area contributed by atoms with E-state index in [4.69, 9.17) is 5.73 Å². The number of anilines is 1. The smallest absolute Gasteiger partial charge is 0.152 e. The van der Waals surface area contributed by atoms with Gasteiger partial charge in [-0.1, -0.05) is 63.2 Å². The van der Waals surface area contributed by atoms with Gasteiger partial charge >= 0.3 is 0 Å². The summed E-state index contributed by atoms with van der Waals surface area (Å²) in [7, 11) is 1.83. The van der Waals surface area contributed by atoms with Crippen molar-refractivity contribution in [1.29, 1.82) is 0 Å². The Bertz CT molecular complexity index is 1070. The van der Waals surface area contributed by atoms with E-state index in [1.54, 1.807) is 4.68 Å². The molecule has 0 radical (unpaired) electrons. The molecule has 0 aliphatic carbocycles. The number of aliphatic hydroxyl groups is 1. The van der Waals surface area contributed by atoms with Crippen LogP contribution in [0.1, 0.15) is 43.7 Å². The van der Waals surface area contributed by atoms with Gasteiger partial charge in [-0.2, -0.15) is 5.10 Å². The van der Waals surface area contributed by atoms with Gasteiger partial charge in [0.05, 0.1) is 11.2 Å². The minimum atomic E-state index is -0.786. The Hall–Kier alpha value is -2.92. The Kier molecular flexibility index (Phi) is 5.42. The lowest BCUT2D eigenvalue weighted by atomic mass is 9.99. The molecule has 0 spiro atoms. The largest absolute Gasteiger partial charge is 0.382 e. The molecule has 2 aromatic carbocycles. The monoisotopic (exact) mass is 362 g/mol. The van der Waals surface area contributed by atoms with Gasteiger partial charge in [0, 0.05) is 17.8 Å². The van der Waals surface area contributed by atoms with Gasteiger partial charge in [-0.15, -0.1) is 0 Å². The molecule has 0 saturated heterocycles. The maximum atomic E-state index is 11.1. The lowest BCUT2D eigenvalue weighted by Gasteiger charge is -2.13. The fourth-order valence-electron chi connectivity index (χ4n) is 3.35. The lowest BCUT2D eigenvalue weighted by Crippen LogP contribution is -2.07. The molecule has 5 heteroatoms. The number of aliphatic hydroxyl groups excluding tert-OH is 1. The van der Waals surface area contributed by atoms with Crippen LogP contribution in [-0.4, -0.2) is 19.9 Å². The van der Waals surface area contributed by atoms with Crippen molar-refractivity contribution in [3.63, 3.8) is 0 Å². The first-order valence-corrected chi connectivity index (χ1v) is 9.38. The number of aryl methyl sites for hydroxylation is 2. The van der Waals surface area contributed by atoms with E-state index in [1.807, 2.05) is 69.4 Å². The predicted octanol–water partition coefficient (Wildman–Crippen LogP) is 4.37. The van der Waals surface area contributed by atoms with E-state index in [-0.39, 0.29) is 0 Å². The number of rotatable bonds is 3. The Balaban J connectivity index is 0.00000102. The van der Waals surface area contributed by atoms with Gasteiger partial charge in [0.2, 0.25) is 0 Å². The van der Waals surface area contributed by atoms with Crippen molar-refractivity contribution < 1.29 is 5.11 Å². The molecule has 1 atom stereocenters. The third-order valence-corrected chi connectivity index (χ3v) is 4.71.